The second-order valence-corrected chi connectivity index (χ2v) is 5.86. The van der Waals surface area contributed by atoms with Gasteiger partial charge >= 0.3 is 5.97 Å². The summed E-state index contributed by atoms with van der Waals surface area (Å²) in [6.07, 6.45) is 4.95. The lowest BCUT2D eigenvalue weighted by atomic mass is 9.82. The van der Waals surface area contributed by atoms with Gasteiger partial charge in [0.05, 0.1) is 11.1 Å². The zero-order valence-electron chi connectivity index (χ0n) is 12.6. The molecule has 0 spiro atoms. The number of benzene rings is 1. The van der Waals surface area contributed by atoms with E-state index in [9.17, 15) is 9.90 Å². The molecule has 3 rings (SSSR count). The molecule has 1 atom stereocenters. The minimum Gasteiger partial charge on any atom is -0.478 e. The highest BCUT2D eigenvalue weighted by Crippen LogP contribution is 2.37. The standard InChI is InChI=1S/C18H21NO2/c1-3-11-8-9-15-14(10-11)16(18(20)21)13-7-5-6-12(4-2)17(13)19-15/h8-10,12H,3-7H2,1-2H3,(H,20,21). The van der Waals surface area contributed by atoms with Gasteiger partial charge in [0.2, 0.25) is 0 Å². The molecule has 0 aliphatic heterocycles. The Labute approximate surface area is 125 Å². The van der Waals surface area contributed by atoms with Crippen molar-refractivity contribution < 1.29 is 9.90 Å². The van der Waals surface area contributed by atoms with Crippen molar-refractivity contribution in [1.29, 1.82) is 0 Å². The molecule has 1 aliphatic rings. The number of hydrogen-bond donors (Lipinski definition) is 1. The van der Waals surface area contributed by atoms with Crippen LogP contribution in [0.1, 0.15) is 66.2 Å². The summed E-state index contributed by atoms with van der Waals surface area (Å²) in [5.74, 6) is -0.411. The van der Waals surface area contributed by atoms with Crippen molar-refractivity contribution in [3.63, 3.8) is 0 Å². The minimum absolute atomic E-state index is 0.405. The van der Waals surface area contributed by atoms with Crippen molar-refractivity contribution in [2.45, 2.75) is 51.9 Å². The molecular formula is C18H21NO2. The number of aryl methyl sites for hydroxylation is 1. The fourth-order valence-electron chi connectivity index (χ4n) is 3.48. The molecule has 0 bridgehead atoms. The summed E-state index contributed by atoms with van der Waals surface area (Å²) >= 11 is 0. The summed E-state index contributed by atoms with van der Waals surface area (Å²) in [6.45, 7) is 4.24. The first kappa shape index (κ1) is 14.1. The van der Waals surface area contributed by atoms with Crippen LogP contribution in [0.3, 0.4) is 0 Å². The number of carboxylic acids is 1. The molecular weight excluding hydrogens is 262 g/mol. The fraction of sp³-hybridized carbons (Fsp3) is 0.444. The molecule has 1 aromatic carbocycles. The number of aromatic carboxylic acids is 1. The Morgan fingerprint density at radius 3 is 2.86 bits per heavy atom. The Balaban J connectivity index is 2.35. The summed E-state index contributed by atoms with van der Waals surface area (Å²) in [5.41, 5.74) is 4.47. The van der Waals surface area contributed by atoms with E-state index in [1.807, 2.05) is 12.1 Å². The molecule has 1 heterocycles. The summed E-state index contributed by atoms with van der Waals surface area (Å²) in [7, 11) is 0. The van der Waals surface area contributed by atoms with Crippen LogP contribution >= 0.6 is 0 Å². The molecule has 0 saturated heterocycles. The van der Waals surface area contributed by atoms with Crippen LogP contribution in [0.4, 0.5) is 0 Å². The normalized spacial score (nSPS) is 17.7. The quantitative estimate of drug-likeness (QED) is 0.912. The number of carboxylic acid groups (broad SMARTS) is 1. The lowest BCUT2D eigenvalue weighted by molar-refractivity contribution is 0.0697. The molecule has 110 valence electrons. The van der Waals surface area contributed by atoms with E-state index in [0.29, 0.717) is 11.5 Å². The van der Waals surface area contributed by atoms with Crippen molar-refractivity contribution in [2.75, 3.05) is 0 Å². The van der Waals surface area contributed by atoms with Crippen molar-refractivity contribution in [1.82, 2.24) is 4.98 Å². The fourth-order valence-corrected chi connectivity index (χ4v) is 3.48. The maximum atomic E-state index is 11.9. The highest BCUT2D eigenvalue weighted by Gasteiger charge is 2.27. The van der Waals surface area contributed by atoms with E-state index in [1.165, 1.54) is 0 Å². The topological polar surface area (TPSA) is 50.2 Å². The van der Waals surface area contributed by atoms with E-state index in [-0.39, 0.29) is 0 Å². The van der Waals surface area contributed by atoms with Crippen LogP contribution in [0, 0.1) is 0 Å². The monoisotopic (exact) mass is 283 g/mol. The minimum atomic E-state index is -0.816. The summed E-state index contributed by atoms with van der Waals surface area (Å²) in [4.78, 5) is 16.7. The van der Waals surface area contributed by atoms with E-state index in [4.69, 9.17) is 4.98 Å². The summed E-state index contributed by atoms with van der Waals surface area (Å²) < 4.78 is 0. The number of rotatable bonds is 3. The van der Waals surface area contributed by atoms with Gasteiger partial charge in [-0.3, -0.25) is 4.98 Å². The van der Waals surface area contributed by atoms with Crippen LogP contribution in [0.5, 0.6) is 0 Å². The maximum Gasteiger partial charge on any atom is 0.336 e. The Hall–Kier alpha value is -1.90. The van der Waals surface area contributed by atoms with Gasteiger partial charge in [-0.05, 0) is 55.4 Å². The molecule has 1 N–H and O–H groups in total. The predicted octanol–water partition coefficient (Wildman–Crippen LogP) is 4.33. The maximum absolute atomic E-state index is 11.9. The smallest absolute Gasteiger partial charge is 0.336 e. The zero-order valence-corrected chi connectivity index (χ0v) is 12.6. The average molecular weight is 283 g/mol. The Kier molecular flexibility index (Phi) is 3.66. The lowest BCUT2D eigenvalue weighted by Gasteiger charge is -2.25. The highest BCUT2D eigenvalue weighted by molar-refractivity contribution is 6.04. The molecule has 2 aromatic rings. The number of carbonyl (C=O) groups is 1. The van der Waals surface area contributed by atoms with Crippen LogP contribution < -0.4 is 0 Å². The Bertz CT molecular complexity index is 706. The molecule has 3 nitrogen and oxygen atoms in total. The van der Waals surface area contributed by atoms with Gasteiger partial charge in [-0.15, -0.1) is 0 Å². The first-order chi connectivity index (χ1) is 10.2. The third kappa shape index (κ3) is 2.31. The number of fused-ring (bicyclic) bond motifs is 2. The number of nitrogens with zero attached hydrogens (tertiary/aromatic N) is 1. The summed E-state index contributed by atoms with van der Waals surface area (Å²) in [6, 6.07) is 6.03. The molecule has 1 aromatic heterocycles. The first-order valence-electron chi connectivity index (χ1n) is 7.84. The lowest BCUT2D eigenvalue weighted by Crippen LogP contribution is -2.17. The van der Waals surface area contributed by atoms with E-state index >= 15 is 0 Å². The van der Waals surface area contributed by atoms with E-state index in [1.54, 1.807) is 0 Å². The van der Waals surface area contributed by atoms with Gasteiger partial charge in [0.1, 0.15) is 0 Å². The largest absolute Gasteiger partial charge is 0.478 e. The molecule has 21 heavy (non-hydrogen) atoms. The van der Waals surface area contributed by atoms with E-state index in [2.05, 4.69) is 19.9 Å². The zero-order chi connectivity index (χ0) is 15.0. The number of hydrogen-bond acceptors (Lipinski definition) is 2. The average Bonchev–Trinajstić information content (AvgIpc) is 2.51. The van der Waals surface area contributed by atoms with Gasteiger partial charge in [-0.2, -0.15) is 0 Å². The van der Waals surface area contributed by atoms with Gasteiger partial charge in [0, 0.05) is 17.0 Å². The third-order valence-electron chi connectivity index (χ3n) is 4.66. The van der Waals surface area contributed by atoms with Crippen LogP contribution in [-0.2, 0) is 12.8 Å². The van der Waals surface area contributed by atoms with Crippen LogP contribution in [-0.4, -0.2) is 16.1 Å². The van der Waals surface area contributed by atoms with Crippen LogP contribution in [0.15, 0.2) is 18.2 Å². The van der Waals surface area contributed by atoms with Gasteiger partial charge in [0.15, 0.2) is 0 Å². The SMILES string of the molecule is CCc1ccc2nc3c(c(C(=O)O)c2c1)CCCC3CC. The van der Waals surface area contributed by atoms with Crippen LogP contribution in [0.2, 0.25) is 0 Å². The second kappa shape index (κ2) is 5.47. The molecule has 1 unspecified atom stereocenters. The van der Waals surface area contributed by atoms with Crippen molar-refractivity contribution in [3.8, 4) is 0 Å². The molecule has 0 radical (unpaired) electrons. The van der Waals surface area contributed by atoms with Gasteiger partial charge in [-0.25, -0.2) is 4.79 Å². The number of aromatic nitrogens is 1. The molecule has 3 heteroatoms. The van der Waals surface area contributed by atoms with Crippen LogP contribution in [0.25, 0.3) is 10.9 Å². The highest BCUT2D eigenvalue weighted by atomic mass is 16.4. The predicted molar refractivity (Wildman–Crippen MR) is 84.1 cm³/mol. The van der Waals surface area contributed by atoms with Crippen molar-refractivity contribution >= 4 is 16.9 Å². The van der Waals surface area contributed by atoms with Crippen molar-refractivity contribution in [3.05, 3.63) is 40.6 Å². The number of pyridine rings is 1. The molecule has 0 fully saturated rings. The van der Waals surface area contributed by atoms with Gasteiger partial charge in [0.25, 0.3) is 0 Å². The van der Waals surface area contributed by atoms with Gasteiger partial charge in [-0.1, -0.05) is 19.9 Å². The van der Waals surface area contributed by atoms with Crippen molar-refractivity contribution in [2.24, 2.45) is 0 Å². The molecule has 0 amide bonds. The van der Waals surface area contributed by atoms with E-state index in [0.717, 1.165) is 59.8 Å². The van der Waals surface area contributed by atoms with Gasteiger partial charge < -0.3 is 5.11 Å². The molecule has 1 aliphatic carbocycles. The Morgan fingerprint density at radius 1 is 1.38 bits per heavy atom. The molecule has 0 saturated carbocycles. The Morgan fingerprint density at radius 2 is 2.19 bits per heavy atom. The third-order valence-corrected chi connectivity index (χ3v) is 4.66. The first-order valence-corrected chi connectivity index (χ1v) is 7.84. The van der Waals surface area contributed by atoms with E-state index < -0.39 is 5.97 Å². The summed E-state index contributed by atoms with van der Waals surface area (Å²) in [5, 5.41) is 10.5. The second-order valence-electron chi connectivity index (χ2n) is 5.86.